The number of aryl methyl sites for hydroxylation is 1. The summed E-state index contributed by atoms with van der Waals surface area (Å²) in [5.74, 6) is 0.257. The molecule has 4 rings (SSSR count). The zero-order valence-electron chi connectivity index (χ0n) is 14.7. The number of fused-ring (bicyclic) bond motifs is 2. The monoisotopic (exact) mass is 399 g/mol. The van der Waals surface area contributed by atoms with Gasteiger partial charge in [-0.1, -0.05) is 35.5 Å². The van der Waals surface area contributed by atoms with Crippen LogP contribution >= 0.6 is 23.4 Å². The fourth-order valence-corrected chi connectivity index (χ4v) is 4.02. The standard InChI is InChI=1S/C19H18ClN5OS/c1-2-25-16-6-4-3-5-15(16)23-19(25)27-12-18(26)21-9-14-11-24-10-13(20)7-8-17(24)22-14/h3-8,10-11H,2,9,12H2,1H3,(H,21,26). The minimum Gasteiger partial charge on any atom is -0.350 e. The zero-order valence-corrected chi connectivity index (χ0v) is 16.3. The Labute approximate surface area is 165 Å². The molecule has 1 aromatic carbocycles. The summed E-state index contributed by atoms with van der Waals surface area (Å²) < 4.78 is 3.97. The number of rotatable bonds is 6. The highest BCUT2D eigenvalue weighted by atomic mass is 35.5. The number of hydrogen-bond acceptors (Lipinski definition) is 4. The highest BCUT2D eigenvalue weighted by Crippen LogP contribution is 2.23. The lowest BCUT2D eigenvalue weighted by Crippen LogP contribution is -2.24. The van der Waals surface area contributed by atoms with Gasteiger partial charge in [0, 0.05) is 18.9 Å². The van der Waals surface area contributed by atoms with E-state index in [0.717, 1.165) is 34.1 Å². The molecule has 0 radical (unpaired) electrons. The van der Waals surface area contributed by atoms with E-state index in [1.54, 1.807) is 12.3 Å². The van der Waals surface area contributed by atoms with Crippen LogP contribution in [0.2, 0.25) is 5.02 Å². The molecule has 8 heteroatoms. The van der Waals surface area contributed by atoms with Crippen LogP contribution in [-0.2, 0) is 17.9 Å². The Bertz CT molecular complexity index is 1120. The summed E-state index contributed by atoms with van der Waals surface area (Å²) in [5.41, 5.74) is 3.63. The molecule has 3 heterocycles. The van der Waals surface area contributed by atoms with E-state index in [1.165, 1.54) is 11.8 Å². The molecule has 0 saturated carbocycles. The van der Waals surface area contributed by atoms with Crippen LogP contribution in [0.1, 0.15) is 12.6 Å². The number of nitrogens with zero attached hydrogens (tertiary/aromatic N) is 4. The summed E-state index contributed by atoms with van der Waals surface area (Å²) in [6.45, 7) is 3.27. The Kier molecular flexibility index (Phi) is 5.05. The number of benzene rings is 1. The molecule has 138 valence electrons. The smallest absolute Gasteiger partial charge is 0.230 e. The average Bonchev–Trinajstić information content (AvgIpc) is 3.24. The fourth-order valence-electron chi connectivity index (χ4n) is 2.94. The largest absolute Gasteiger partial charge is 0.350 e. The predicted octanol–water partition coefficient (Wildman–Crippen LogP) is 3.77. The van der Waals surface area contributed by atoms with Crippen LogP contribution < -0.4 is 5.32 Å². The van der Waals surface area contributed by atoms with Gasteiger partial charge in [-0.2, -0.15) is 0 Å². The van der Waals surface area contributed by atoms with E-state index in [1.807, 2.05) is 40.9 Å². The van der Waals surface area contributed by atoms with Crippen LogP contribution in [0.15, 0.2) is 53.9 Å². The Morgan fingerprint density at radius 2 is 2.04 bits per heavy atom. The fraction of sp³-hybridized carbons (Fsp3) is 0.211. The minimum absolute atomic E-state index is 0.0511. The number of halogens is 1. The van der Waals surface area contributed by atoms with Gasteiger partial charge in [0.1, 0.15) is 5.65 Å². The highest BCUT2D eigenvalue weighted by Gasteiger charge is 2.12. The maximum Gasteiger partial charge on any atom is 0.230 e. The lowest BCUT2D eigenvalue weighted by Gasteiger charge is -2.06. The summed E-state index contributed by atoms with van der Waals surface area (Å²) in [4.78, 5) is 21.3. The van der Waals surface area contributed by atoms with Crippen LogP contribution in [0.25, 0.3) is 16.7 Å². The second-order valence-corrected chi connectivity index (χ2v) is 7.42. The number of para-hydroxylation sites is 2. The molecule has 1 amide bonds. The van der Waals surface area contributed by atoms with E-state index in [9.17, 15) is 4.79 Å². The van der Waals surface area contributed by atoms with Crippen molar-refractivity contribution in [2.75, 3.05) is 5.75 Å². The first-order chi connectivity index (χ1) is 13.1. The van der Waals surface area contributed by atoms with E-state index in [4.69, 9.17) is 11.6 Å². The molecule has 0 fully saturated rings. The van der Waals surface area contributed by atoms with E-state index in [2.05, 4.69) is 26.8 Å². The van der Waals surface area contributed by atoms with Gasteiger partial charge in [0.15, 0.2) is 5.16 Å². The van der Waals surface area contributed by atoms with Crippen molar-refractivity contribution in [1.82, 2.24) is 24.3 Å². The van der Waals surface area contributed by atoms with Crippen LogP contribution in [0.3, 0.4) is 0 Å². The molecule has 0 atom stereocenters. The maximum absolute atomic E-state index is 12.2. The molecule has 0 unspecified atom stereocenters. The van der Waals surface area contributed by atoms with Crippen molar-refractivity contribution in [3.63, 3.8) is 0 Å². The van der Waals surface area contributed by atoms with Gasteiger partial charge in [-0.15, -0.1) is 0 Å². The number of amides is 1. The summed E-state index contributed by atoms with van der Waals surface area (Å²) in [5, 5.41) is 4.41. The number of thioether (sulfide) groups is 1. The number of hydrogen-bond donors (Lipinski definition) is 1. The van der Waals surface area contributed by atoms with Crippen molar-refractivity contribution in [3.8, 4) is 0 Å². The van der Waals surface area contributed by atoms with E-state index < -0.39 is 0 Å². The molecule has 27 heavy (non-hydrogen) atoms. The second-order valence-electron chi connectivity index (χ2n) is 6.04. The quantitative estimate of drug-likeness (QED) is 0.501. The normalized spacial score (nSPS) is 11.3. The molecule has 6 nitrogen and oxygen atoms in total. The molecule has 0 bridgehead atoms. The maximum atomic E-state index is 12.2. The summed E-state index contributed by atoms with van der Waals surface area (Å²) in [6.07, 6.45) is 3.66. The van der Waals surface area contributed by atoms with Gasteiger partial charge in [0.2, 0.25) is 5.91 Å². The van der Waals surface area contributed by atoms with Crippen molar-refractivity contribution >= 4 is 46.0 Å². The van der Waals surface area contributed by atoms with Crippen LogP contribution in [0, 0.1) is 0 Å². The SMILES string of the molecule is CCn1c(SCC(=O)NCc2cn3cc(Cl)ccc3n2)nc2ccccc21. The topological polar surface area (TPSA) is 64.2 Å². The van der Waals surface area contributed by atoms with E-state index >= 15 is 0 Å². The van der Waals surface area contributed by atoms with Crippen molar-refractivity contribution in [2.45, 2.75) is 25.2 Å². The zero-order chi connectivity index (χ0) is 18.8. The number of imidazole rings is 2. The molecule has 1 N–H and O–H groups in total. The lowest BCUT2D eigenvalue weighted by molar-refractivity contribution is -0.118. The van der Waals surface area contributed by atoms with E-state index in [0.29, 0.717) is 17.3 Å². The second kappa shape index (κ2) is 7.62. The predicted molar refractivity (Wildman–Crippen MR) is 108 cm³/mol. The Morgan fingerprint density at radius 1 is 1.19 bits per heavy atom. The number of nitrogens with one attached hydrogen (secondary N) is 1. The summed E-state index contributed by atoms with van der Waals surface area (Å²) in [6, 6.07) is 11.6. The van der Waals surface area contributed by atoms with Crippen molar-refractivity contribution in [2.24, 2.45) is 0 Å². The number of carbonyl (C=O) groups is 1. The molecule has 0 aliphatic heterocycles. The van der Waals surface area contributed by atoms with Gasteiger partial charge in [-0.05, 0) is 31.2 Å². The average molecular weight is 400 g/mol. The molecule has 0 spiro atoms. The first-order valence-corrected chi connectivity index (χ1v) is 9.98. The number of carbonyl (C=O) groups excluding carboxylic acids is 1. The molecule has 0 aliphatic carbocycles. The first kappa shape index (κ1) is 17.9. The Morgan fingerprint density at radius 3 is 2.89 bits per heavy atom. The van der Waals surface area contributed by atoms with Crippen LogP contribution in [0.4, 0.5) is 0 Å². The third-order valence-corrected chi connectivity index (χ3v) is 5.40. The molecule has 3 aromatic heterocycles. The summed E-state index contributed by atoms with van der Waals surface area (Å²) in [7, 11) is 0. The summed E-state index contributed by atoms with van der Waals surface area (Å²) >= 11 is 7.42. The number of aromatic nitrogens is 4. The third kappa shape index (κ3) is 3.79. The van der Waals surface area contributed by atoms with Crippen molar-refractivity contribution in [1.29, 1.82) is 0 Å². The minimum atomic E-state index is -0.0511. The molecule has 4 aromatic rings. The molecular formula is C19H18ClN5OS. The Hall–Kier alpha value is -2.51. The lowest BCUT2D eigenvalue weighted by atomic mass is 10.3. The van der Waals surface area contributed by atoms with Crippen LogP contribution in [0.5, 0.6) is 0 Å². The highest BCUT2D eigenvalue weighted by molar-refractivity contribution is 7.99. The van der Waals surface area contributed by atoms with Crippen molar-refractivity contribution in [3.05, 3.63) is 59.5 Å². The van der Waals surface area contributed by atoms with Gasteiger partial charge in [0.25, 0.3) is 0 Å². The van der Waals surface area contributed by atoms with Crippen LogP contribution in [-0.4, -0.2) is 30.6 Å². The van der Waals surface area contributed by atoms with Gasteiger partial charge in [0.05, 0.1) is 34.0 Å². The Balaban J connectivity index is 1.38. The third-order valence-electron chi connectivity index (χ3n) is 4.20. The van der Waals surface area contributed by atoms with Gasteiger partial charge in [-0.25, -0.2) is 9.97 Å². The molecule has 0 saturated heterocycles. The number of pyridine rings is 1. The van der Waals surface area contributed by atoms with Gasteiger partial charge < -0.3 is 14.3 Å². The molecular weight excluding hydrogens is 382 g/mol. The van der Waals surface area contributed by atoms with Gasteiger partial charge in [-0.3, -0.25) is 4.79 Å². The van der Waals surface area contributed by atoms with Crippen molar-refractivity contribution < 1.29 is 4.79 Å². The first-order valence-electron chi connectivity index (χ1n) is 8.62. The van der Waals surface area contributed by atoms with E-state index in [-0.39, 0.29) is 5.91 Å². The van der Waals surface area contributed by atoms with Gasteiger partial charge >= 0.3 is 0 Å². The molecule has 0 aliphatic rings.